The molecule has 3 aliphatic rings. The molecule has 3 aliphatic heterocycles. The molecule has 0 aromatic carbocycles. The third-order valence-electron chi connectivity index (χ3n) is 16.1. The van der Waals surface area contributed by atoms with E-state index >= 15 is 0 Å². The lowest BCUT2D eigenvalue weighted by Gasteiger charge is -2.50. The van der Waals surface area contributed by atoms with E-state index in [2.05, 4.69) is 36.6 Å². The topological polar surface area (TPSA) is 373 Å². The van der Waals surface area contributed by atoms with Crippen LogP contribution in [0.5, 0.6) is 0 Å². The van der Waals surface area contributed by atoms with Crippen molar-refractivity contribution < 1.29 is 104 Å². The lowest BCUT2D eigenvalue weighted by atomic mass is 9.88. The van der Waals surface area contributed by atoms with Gasteiger partial charge in [-0.15, -0.1) is 0 Å². The van der Waals surface area contributed by atoms with Gasteiger partial charge in [0.05, 0.1) is 50.7 Å². The Labute approximate surface area is 498 Å². The number of carbonyl (C=O) groups excluding carboxylic acids is 2. The highest BCUT2D eigenvalue weighted by Gasteiger charge is 2.60. The molecule has 3 saturated heterocycles. The van der Waals surface area contributed by atoms with Crippen LogP contribution in [0.25, 0.3) is 0 Å². The van der Waals surface area contributed by atoms with Gasteiger partial charge in [0.25, 0.3) is 5.79 Å². The molecule has 14 N–H and O–H groups in total. The van der Waals surface area contributed by atoms with Crippen molar-refractivity contribution in [3.05, 3.63) is 24.3 Å². The van der Waals surface area contributed by atoms with Gasteiger partial charge in [0.1, 0.15) is 67.1 Å². The first-order valence-electron chi connectivity index (χ1n) is 31.7. The number of allylic oxidation sites excluding steroid dienone is 3. The number of aliphatic carboxylic acids is 1. The van der Waals surface area contributed by atoms with E-state index in [1.807, 2.05) is 6.08 Å². The Hall–Kier alpha value is -2.79. The maximum Gasteiger partial charge on any atom is 0.364 e. The van der Waals surface area contributed by atoms with Crippen molar-refractivity contribution in [3.63, 3.8) is 0 Å². The molecule has 490 valence electrons. The molecule has 0 radical (unpaired) electrons. The number of aliphatic hydroxyl groups is 11. The Morgan fingerprint density at radius 2 is 1.12 bits per heavy atom. The predicted molar refractivity (Wildman–Crippen MR) is 311 cm³/mol. The number of amides is 2. The molecule has 0 aliphatic carbocycles. The van der Waals surface area contributed by atoms with Gasteiger partial charge in [-0.3, -0.25) is 9.59 Å². The summed E-state index contributed by atoms with van der Waals surface area (Å²) in [5, 5.41) is 136. The number of rotatable bonds is 46. The molecule has 23 heteroatoms. The zero-order valence-electron chi connectivity index (χ0n) is 50.5. The molecule has 0 spiro atoms. The molecule has 3 heterocycles. The molecular weight excluding hydrogens is 1100 g/mol. The summed E-state index contributed by atoms with van der Waals surface area (Å²) in [7, 11) is 0. The number of hydrogen-bond acceptors (Lipinski definition) is 20. The van der Waals surface area contributed by atoms with Crippen LogP contribution in [0.1, 0.15) is 207 Å². The fraction of sp³-hybridized carbons (Fsp3) is 0.885. The minimum absolute atomic E-state index is 0.195. The number of hydrogen-bond donors (Lipinski definition) is 14. The molecule has 0 bridgehead atoms. The zero-order chi connectivity index (χ0) is 61.9. The Balaban J connectivity index is 1.66. The van der Waals surface area contributed by atoms with Crippen LogP contribution in [0.15, 0.2) is 24.3 Å². The largest absolute Gasteiger partial charge is 0.477 e. The molecule has 0 aromatic heterocycles. The van der Waals surface area contributed by atoms with Crippen LogP contribution in [-0.2, 0) is 42.8 Å². The van der Waals surface area contributed by atoms with E-state index in [1.165, 1.54) is 89.9 Å². The van der Waals surface area contributed by atoms with Crippen molar-refractivity contribution >= 4 is 17.8 Å². The summed E-state index contributed by atoms with van der Waals surface area (Å²) < 4.78 is 34.7. The molecule has 0 aromatic rings. The second kappa shape index (κ2) is 43.0. The van der Waals surface area contributed by atoms with E-state index < -0.39 is 155 Å². The van der Waals surface area contributed by atoms with Gasteiger partial charge in [0, 0.05) is 19.8 Å². The summed E-state index contributed by atoms with van der Waals surface area (Å²) >= 11 is 0. The van der Waals surface area contributed by atoms with Crippen LogP contribution < -0.4 is 10.6 Å². The fourth-order valence-electron chi connectivity index (χ4n) is 11.0. The summed E-state index contributed by atoms with van der Waals surface area (Å²) in [6.45, 7) is 2.09. The lowest BCUT2D eigenvalue weighted by Crippen LogP contribution is -2.70. The van der Waals surface area contributed by atoms with Crippen molar-refractivity contribution in [3.8, 4) is 0 Å². The van der Waals surface area contributed by atoms with Gasteiger partial charge in [0.15, 0.2) is 12.6 Å². The van der Waals surface area contributed by atoms with Crippen LogP contribution in [0, 0.1) is 0 Å². The Morgan fingerprint density at radius 1 is 0.619 bits per heavy atom. The van der Waals surface area contributed by atoms with Crippen LogP contribution in [0.3, 0.4) is 0 Å². The van der Waals surface area contributed by atoms with Gasteiger partial charge in [-0.1, -0.05) is 167 Å². The first-order chi connectivity index (χ1) is 40.4. The number of aliphatic hydroxyl groups excluding tert-OH is 11. The highest BCUT2D eigenvalue weighted by atomic mass is 16.8. The Bertz CT molecular complexity index is 1820. The standard InChI is InChI=1S/C61H110N2O21/c1-4-6-8-10-12-14-16-18-20-22-24-26-28-30-32-34-43(68)42(63-48(71)35-33-31-29-27-25-23-21-19-17-15-13-11-9-7-5-2)40-79-58-53(75)52(74)55(47(39-66)81-58)82-59-54(76)57(51(73)46(38-65)80-59)84-61(60(77)78)36-44(69)49(62-41(3)67)56(83-61)50(72)45(70)37-64/h15,17,32,34,42-47,49-59,64-66,68-70,72-76H,4-14,16,18-31,33,35-40H2,1-3H3,(H,62,67)(H,63,71)(H,77,78)/b17-15-,34-32+. The van der Waals surface area contributed by atoms with Crippen molar-refractivity contribution in [1.82, 2.24) is 10.6 Å². The lowest BCUT2D eigenvalue weighted by molar-refractivity contribution is -0.386. The molecule has 2 amide bonds. The molecule has 3 fully saturated rings. The van der Waals surface area contributed by atoms with Gasteiger partial charge in [-0.2, -0.15) is 0 Å². The van der Waals surface area contributed by atoms with Crippen LogP contribution in [0.2, 0.25) is 0 Å². The molecule has 84 heavy (non-hydrogen) atoms. The predicted octanol–water partition coefficient (Wildman–Crippen LogP) is 3.72. The van der Waals surface area contributed by atoms with Gasteiger partial charge in [-0.05, 0) is 44.9 Å². The quantitative estimate of drug-likeness (QED) is 0.0305. The smallest absolute Gasteiger partial charge is 0.364 e. The number of ether oxygens (including phenoxy) is 6. The van der Waals surface area contributed by atoms with Crippen molar-refractivity contribution in [2.45, 2.75) is 317 Å². The van der Waals surface area contributed by atoms with Crippen molar-refractivity contribution in [2.75, 3.05) is 26.4 Å². The number of unbranched alkanes of at least 4 members (excludes halogenated alkanes) is 24. The second-order valence-corrected chi connectivity index (χ2v) is 23.3. The van der Waals surface area contributed by atoms with Crippen molar-refractivity contribution in [2.24, 2.45) is 0 Å². The van der Waals surface area contributed by atoms with E-state index in [9.17, 15) is 75.7 Å². The molecule has 18 unspecified atom stereocenters. The SMILES string of the molecule is CCCCCC/C=C\CCCCCCCCCC(=O)NC(COC1OC(CO)C(OC2OC(CO)C(O)C(OC3(C(=O)O)CC(O)C(NC(C)=O)C(C(O)C(O)CO)O3)C2O)C(O)C1O)C(O)/C=C/CCCCCCCCCCCCCCC. The van der Waals surface area contributed by atoms with Crippen LogP contribution in [0.4, 0.5) is 0 Å². The van der Waals surface area contributed by atoms with E-state index in [-0.39, 0.29) is 12.3 Å². The van der Waals surface area contributed by atoms with Gasteiger partial charge < -0.3 is 100 Å². The van der Waals surface area contributed by atoms with Crippen LogP contribution >= 0.6 is 0 Å². The molecule has 23 nitrogen and oxygen atoms in total. The van der Waals surface area contributed by atoms with Gasteiger partial charge >= 0.3 is 5.97 Å². The van der Waals surface area contributed by atoms with Gasteiger partial charge in [0.2, 0.25) is 11.8 Å². The second-order valence-electron chi connectivity index (χ2n) is 23.3. The Morgan fingerprint density at radius 3 is 1.63 bits per heavy atom. The molecule has 0 saturated carbocycles. The normalized spacial score (nSPS) is 29.9. The fourth-order valence-corrected chi connectivity index (χ4v) is 11.0. The van der Waals surface area contributed by atoms with E-state index in [0.717, 1.165) is 77.6 Å². The highest BCUT2D eigenvalue weighted by Crippen LogP contribution is 2.38. The van der Waals surface area contributed by atoms with E-state index in [4.69, 9.17) is 28.4 Å². The summed E-state index contributed by atoms with van der Waals surface area (Å²) in [6, 6.07) is -2.62. The number of nitrogens with one attached hydrogen (secondary N) is 2. The summed E-state index contributed by atoms with van der Waals surface area (Å²) in [5.74, 6) is -6.15. The molecule has 3 rings (SSSR count). The molecule has 18 atom stereocenters. The first-order valence-corrected chi connectivity index (χ1v) is 31.7. The minimum Gasteiger partial charge on any atom is -0.477 e. The number of carboxylic acid groups (broad SMARTS) is 1. The summed E-state index contributed by atoms with van der Waals surface area (Å²) in [5.41, 5.74) is 0. The van der Waals surface area contributed by atoms with Gasteiger partial charge in [-0.25, -0.2) is 4.79 Å². The number of carbonyl (C=O) groups is 3. The van der Waals surface area contributed by atoms with Crippen LogP contribution in [-0.4, -0.2) is 215 Å². The Kier molecular flexibility index (Phi) is 38.6. The minimum atomic E-state index is -3.08. The van der Waals surface area contributed by atoms with Crippen molar-refractivity contribution in [1.29, 1.82) is 0 Å². The zero-order valence-corrected chi connectivity index (χ0v) is 50.5. The summed E-state index contributed by atoms with van der Waals surface area (Å²) in [4.78, 5) is 38.4. The highest BCUT2D eigenvalue weighted by molar-refractivity contribution is 5.77. The van der Waals surface area contributed by atoms with E-state index in [0.29, 0.717) is 12.8 Å². The first kappa shape index (κ1) is 75.5. The monoisotopic (exact) mass is 1210 g/mol. The summed E-state index contributed by atoms with van der Waals surface area (Å²) in [6.07, 6.45) is 9.46. The third kappa shape index (κ3) is 26.5. The number of carboxylic acids is 1. The maximum absolute atomic E-state index is 13.4. The maximum atomic E-state index is 13.4. The van der Waals surface area contributed by atoms with E-state index in [1.54, 1.807) is 6.08 Å². The molecular formula is C61H110N2O21. The third-order valence-corrected chi connectivity index (χ3v) is 16.1. The average molecular weight is 1210 g/mol. The average Bonchev–Trinajstić information content (AvgIpc) is 1.25.